The molecule has 3 aromatic rings. The third-order valence-corrected chi connectivity index (χ3v) is 13.5. The number of carbonyl (C=O) groups excluding carboxylic acids is 2. The maximum absolute atomic E-state index is 14.5. The summed E-state index contributed by atoms with van der Waals surface area (Å²) < 4.78 is 35.7. The number of nitrogens with zero attached hydrogens (tertiary/aromatic N) is 3. The van der Waals surface area contributed by atoms with Gasteiger partial charge in [0.1, 0.15) is 15.7 Å². The van der Waals surface area contributed by atoms with E-state index in [4.69, 9.17) is 21.1 Å². The number of rotatable bonds is 4. The Balaban J connectivity index is 1.30. The molecule has 1 spiro atoms. The minimum Gasteiger partial charge on any atom is -0.490 e. The smallest absolute Gasteiger partial charge is 0.286 e. The minimum atomic E-state index is -3.57. The SMILES string of the molecule is CO[C@H]1/C=C\C[C@H](C)CS(=O)(NC(=O)c2cc(CO)n(C)c2)=NC(=O)c2ccc3c(c2)N(C[C@@H]2CC[C@H]21)C[C@@]1(CCCc2cc(Cl)ccc21)CO3. The van der Waals surface area contributed by atoms with E-state index in [2.05, 4.69) is 38.3 Å². The molecule has 0 saturated heterocycles. The summed E-state index contributed by atoms with van der Waals surface area (Å²) in [6, 6.07) is 13.1. The van der Waals surface area contributed by atoms with Gasteiger partial charge < -0.3 is 24.0 Å². The highest BCUT2D eigenvalue weighted by molar-refractivity contribution is 7.92. The van der Waals surface area contributed by atoms with Crippen LogP contribution in [0, 0.1) is 17.8 Å². The van der Waals surface area contributed by atoms with E-state index >= 15 is 0 Å². The Morgan fingerprint density at radius 3 is 2.80 bits per heavy atom. The Bertz CT molecular complexity index is 1990. The van der Waals surface area contributed by atoms with E-state index in [0.717, 1.165) is 49.4 Å². The Morgan fingerprint density at radius 2 is 2.06 bits per heavy atom. The Hall–Kier alpha value is -3.64. The molecule has 0 radical (unpaired) electrons. The van der Waals surface area contributed by atoms with E-state index in [1.165, 1.54) is 17.2 Å². The number of allylic oxidation sites excluding steroid dienone is 1. The second kappa shape index (κ2) is 14.4. The molecule has 2 aliphatic carbocycles. The fourth-order valence-electron chi connectivity index (χ4n) is 8.46. The largest absolute Gasteiger partial charge is 0.490 e. The summed E-state index contributed by atoms with van der Waals surface area (Å²) in [6.45, 7) is 3.65. The maximum atomic E-state index is 14.5. The molecule has 1 unspecified atom stereocenters. The van der Waals surface area contributed by atoms with Crippen molar-refractivity contribution >= 4 is 39.0 Å². The van der Waals surface area contributed by atoms with Crippen molar-refractivity contribution in [3.05, 3.63) is 93.8 Å². The van der Waals surface area contributed by atoms with Crippen LogP contribution in [0.15, 0.2) is 65.2 Å². The minimum absolute atomic E-state index is 0.0235. The highest BCUT2D eigenvalue weighted by Crippen LogP contribution is 2.47. The number of benzene rings is 2. The van der Waals surface area contributed by atoms with Crippen LogP contribution < -0.4 is 14.4 Å². The molecule has 2 amide bonds. The van der Waals surface area contributed by atoms with Gasteiger partial charge in [-0.2, -0.15) is 0 Å². The highest BCUT2D eigenvalue weighted by Gasteiger charge is 2.44. The first kappa shape index (κ1) is 35.7. The number of carbonyl (C=O) groups is 2. The Kier molecular flexibility index (Phi) is 10.1. The molecule has 2 N–H and O–H groups in total. The number of aromatic nitrogens is 1. The number of hydrogen-bond acceptors (Lipinski definition) is 7. The van der Waals surface area contributed by atoms with E-state index in [1.54, 1.807) is 31.0 Å². The predicted octanol–water partition coefficient (Wildman–Crippen LogP) is 6.23. The lowest BCUT2D eigenvalue weighted by atomic mass is 9.68. The van der Waals surface area contributed by atoms with Gasteiger partial charge in [0.05, 0.1) is 36.3 Å². The van der Waals surface area contributed by atoms with Gasteiger partial charge in [0.15, 0.2) is 0 Å². The first-order valence-corrected chi connectivity index (χ1v) is 19.9. The number of anilines is 1. The van der Waals surface area contributed by atoms with Crippen LogP contribution in [-0.4, -0.2) is 64.4 Å². The van der Waals surface area contributed by atoms with Gasteiger partial charge in [0, 0.05) is 55.1 Å². The molecule has 1 saturated carbocycles. The first-order chi connectivity index (χ1) is 24.5. The predicted molar refractivity (Wildman–Crippen MR) is 199 cm³/mol. The molecule has 7 rings (SSSR count). The van der Waals surface area contributed by atoms with Crippen LogP contribution >= 0.6 is 11.6 Å². The van der Waals surface area contributed by atoms with Crippen molar-refractivity contribution in [2.24, 2.45) is 29.2 Å². The van der Waals surface area contributed by atoms with Crippen LogP contribution in [0.1, 0.15) is 76.6 Å². The van der Waals surface area contributed by atoms with Crippen molar-refractivity contribution in [2.45, 2.75) is 63.6 Å². The molecule has 51 heavy (non-hydrogen) atoms. The fourth-order valence-corrected chi connectivity index (χ4v) is 10.5. The van der Waals surface area contributed by atoms with Crippen molar-refractivity contribution in [3.63, 3.8) is 0 Å². The molecular weight excluding hydrogens is 688 g/mol. The third kappa shape index (κ3) is 7.23. The van der Waals surface area contributed by atoms with E-state index < -0.39 is 21.7 Å². The number of methoxy groups -OCH3 is 1. The van der Waals surface area contributed by atoms with Crippen molar-refractivity contribution in [1.29, 1.82) is 0 Å². The fraction of sp³-hybridized carbons (Fsp3) is 0.487. The average molecular weight is 735 g/mol. The highest BCUT2D eigenvalue weighted by atomic mass is 35.5. The summed E-state index contributed by atoms with van der Waals surface area (Å²) >= 11 is 6.45. The van der Waals surface area contributed by atoms with Gasteiger partial charge in [-0.3, -0.25) is 14.3 Å². The van der Waals surface area contributed by atoms with E-state index in [-0.39, 0.29) is 40.9 Å². The maximum Gasteiger partial charge on any atom is 0.286 e. The van der Waals surface area contributed by atoms with Crippen LogP contribution in [0.5, 0.6) is 5.75 Å². The number of halogens is 1. The second-order valence-corrected chi connectivity index (χ2v) is 17.3. The van der Waals surface area contributed by atoms with Crippen LogP contribution in [0.4, 0.5) is 5.69 Å². The molecule has 1 aromatic heterocycles. The van der Waals surface area contributed by atoms with Crippen LogP contribution in [-0.2, 0) is 40.1 Å². The van der Waals surface area contributed by atoms with Gasteiger partial charge in [-0.15, -0.1) is 4.36 Å². The van der Waals surface area contributed by atoms with Crippen molar-refractivity contribution in [1.82, 2.24) is 9.29 Å². The number of amides is 2. The molecule has 1 fully saturated rings. The summed E-state index contributed by atoms with van der Waals surface area (Å²) in [7, 11) is -0.0983. The summed E-state index contributed by atoms with van der Waals surface area (Å²) in [4.78, 5) is 29.8. The molecule has 2 bridgehead atoms. The van der Waals surface area contributed by atoms with Crippen LogP contribution in [0.25, 0.3) is 0 Å². The van der Waals surface area contributed by atoms with E-state index in [9.17, 15) is 18.9 Å². The number of aliphatic hydroxyl groups is 1. The van der Waals surface area contributed by atoms with Gasteiger partial charge in [-0.05, 0) is 104 Å². The molecule has 3 heterocycles. The molecular formula is C39H47ClN4O6S. The average Bonchev–Trinajstić information content (AvgIpc) is 3.40. The topological polar surface area (TPSA) is 122 Å². The first-order valence-electron chi connectivity index (χ1n) is 17.9. The van der Waals surface area contributed by atoms with Crippen molar-refractivity contribution in [2.75, 3.05) is 37.5 Å². The van der Waals surface area contributed by atoms with Crippen LogP contribution in [0.2, 0.25) is 5.02 Å². The van der Waals surface area contributed by atoms with Gasteiger partial charge in [0.2, 0.25) is 0 Å². The molecule has 272 valence electrons. The Morgan fingerprint density at radius 1 is 1.22 bits per heavy atom. The summed E-state index contributed by atoms with van der Waals surface area (Å²) in [5.74, 6) is -0.0879. The number of hydrogen-bond donors (Lipinski definition) is 2. The molecule has 2 aliphatic heterocycles. The molecule has 2 aromatic carbocycles. The number of aryl methyl sites for hydroxylation is 2. The molecule has 12 heteroatoms. The van der Waals surface area contributed by atoms with Crippen molar-refractivity contribution in [3.8, 4) is 5.75 Å². The van der Waals surface area contributed by atoms with E-state index in [0.29, 0.717) is 42.9 Å². The van der Waals surface area contributed by atoms with Gasteiger partial charge >= 0.3 is 0 Å². The van der Waals surface area contributed by atoms with E-state index in [1.807, 2.05) is 25.1 Å². The zero-order chi connectivity index (χ0) is 35.9. The number of ether oxygens (including phenoxy) is 2. The second-order valence-electron chi connectivity index (χ2n) is 14.9. The summed E-state index contributed by atoms with van der Waals surface area (Å²) in [5, 5.41) is 10.4. The lowest BCUT2D eigenvalue weighted by Gasteiger charge is -2.46. The number of nitrogens with one attached hydrogen (secondary N) is 1. The molecule has 4 aliphatic rings. The quantitative estimate of drug-likeness (QED) is 0.305. The van der Waals surface area contributed by atoms with Crippen LogP contribution in [0.3, 0.4) is 0 Å². The lowest BCUT2D eigenvalue weighted by molar-refractivity contribution is 0.0131. The standard InChI is InChI=1S/C39H47ClN4O6S/c1-25-6-4-8-35(49-3)32-12-9-28(32)20-44-23-39(15-5-7-26-16-30(40)11-13-33(26)39)24-50-36-14-10-27(18-34(36)44)37(46)41-51(48,22-25)42-38(47)29-17-31(21-45)43(2)19-29/h4,8,10-11,13-14,16-19,25,28,32,35,45H,5-7,9,12,15,20-24H2,1-3H3,(H,41,42,46,47,48)/b8-4-/t25-,28-,32+,35-,39-,51?/m0/s1. The summed E-state index contributed by atoms with van der Waals surface area (Å²) in [6.07, 6.45) is 11.3. The molecule has 6 atom stereocenters. The lowest BCUT2D eigenvalue weighted by Crippen LogP contribution is -2.49. The number of fused-ring (bicyclic) bond motifs is 4. The normalized spacial score (nSPS) is 29.8. The van der Waals surface area contributed by atoms with Crippen molar-refractivity contribution < 1.29 is 28.4 Å². The summed E-state index contributed by atoms with van der Waals surface area (Å²) in [5.41, 5.74) is 4.09. The zero-order valence-corrected chi connectivity index (χ0v) is 31.0. The van der Waals surface area contributed by atoms with Gasteiger partial charge in [-0.25, -0.2) is 4.21 Å². The Labute approximate surface area is 305 Å². The third-order valence-electron chi connectivity index (χ3n) is 11.3. The number of aliphatic hydroxyl groups excluding tert-OH is 1. The van der Waals surface area contributed by atoms with Gasteiger partial charge in [0.25, 0.3) is 11.8 Å². The molecule has 10 nitrogen and oxygen atoms in total. The monoisotopic (exact) mass is 734 g/mol. The van der Waals surface area contributed by atoms with Gasteiger partial charge in [-0.1, -0.05) is 36.7 Å². The zero-order valence-electron chi connectivity index (χ0n) is 29.5.